The van der Waals surface area contributed by atoms with Crippen LogP contribution in [-0.2, 0) is 4.79 Å². The van der Waals surface area contributed by atoms with Crippen molar-refractivity contribution in [2.75, 3.05) is 27.2 Å². The molecule has 0 radical (unpaired) electrons. The van der Waals surface area contributed by atoms with Crippen molar-refractivity contribution in [3.63, 3.8) is 0 Å². The molecule has 1 spiro atoms. The molecule has 0 unspecified atom stereocenters. The number of nitrogens with zero attached hydrogens (tertiary/aromatic N) is 1. The van der Waals surface area contributed by atoms with Gasteiger partial charge in [-0.3, -0.25) is 4.79 Å². The van der Waals surface area contributed by atoms with Gasteiger partial charge in [0.25, 0.3) is 0 Å². The van der Waals surface area contributed by atoms with Crippen LogP contribution in [-0.4, -0.2) is 38.0 Å². The Morgan fingerprint density at radius 2 is 2.15 bits per heavy atom. The molecule has 2 fully saturated rings. The van der Waals surface area contributed by atoms with Crippen LogP contribution in [0.5, 0.6) is 0 Å². The summed E-state index contributed by atoms with van der Waals surface area (Å²) in [5.74, 6) is 0.862. The molecule has 74 valence electrons. The molecule has 0 aromatic heterocycles. The molecule has 1 aliphatic carbocycles. The average molecular weight is 182 g/mol. The van der Waals surface area contributed by atoms with Crippen LogP contribution in [0.2, 0.25) is 0 Å². The van der Waals surface area contributed by atoms with Crippen LogP contribution in [0, 0.1) is 11.3 Å². The molecule has 1 N–H and O–H groups in total. The van der Waals surface area contributed by atoms with Crippen LogP contribution in [0.1, 0.15) is 19.3 Å². The van der Waals surface area contributed by atoms with Gasteiger partial charge in [0.15, 0.2) is 0 Å². The number of carbonyl (C=O) groups is 1. The second-order valence-electron chi connectivity index (χ2n) is 4.82. The first-order valence-corrected chi connectivity index (χ1v) is 5.03. The van der Waals surface area contributed by atoms with Gasteiger partial charge in [-0.25, -0.2) is 0 Å². The van der Waals surface area contributed by atoms with E-state index in [1.165, 1.54) is 25.9 Å². The third-order valence-corrected chi connectivity index (χ3v) is 3.41. The number of amides is 1. The van der Waals surface area contributed by atoms with Crippen molar-refractivity contribution in [1.29, 1.82) is 0 Å². The van der Waals surface area contributed by atoms with Crippen molar-refractivity contribution in [3.8, 4) is 0 Å². The number of nitrogens with one attached hydrogen (secondary N) is 1. The summed E-state index contributed by atoms with van der Waals surface area (Å²) in [4.78, 5) is 13.4. The van der Waals surface area contributed by atoms with E-state index < -0.39 is 0 Å². The third kappa shape index (κ3) is 1.57. The Bertz CT molecular complexity index is 213. The minimum Gasteiger partial charge on any atom is -0.359 e. The van der Waals surface area contributed by atoms with Gasteiger partial charge in [-0.2, -0.15) is 0 Å². The molecule has 1 amide bonds. The molecular weight excluding hydrogens is 164 g/mol. The molecule has 2 rings (SSSR count). The highest BCUT2D eigenvalue weighted by Gasteiger charge is 2.50. The summed E-state index contributed by atoms with van der Waals surface area (Å²) < 4.78 is 0. The SMILES string of the molecule is CNC(=O)CC1CC2(C1)CN(C)C2. The van der Waals surface area contributed by atoms with Gasteiger partial charge in [0.1, 0.15) is 0 Å². The number of likely N-dealkylation sites (tertiary alicyclic amines) is 1. The lowest BCUT2D eigenvalue weighted by Gasteiger charge is -2.58. The summed E-state index contributed by atoms with van der Waals surface area (Å²) in [5, 5.41) is 2.69. The quantitative estimate of drug-likeness (QED) is 0.673. The van der Waals surface area contributed by atoms with Gasteiger partial charge >= 0.3 is 0 Å². The summed E-state index contributed by atoms with van der Waals surface area (Å²) in [6.45, 7) is 2.49. The maximum Gasteiger partial charge on any atom is 0.220 e. The second kappa shape index (κ2) is 2.98. The van der Waals surface area contributed by atoms with Crippen molar-refractivity contribution in [2.24, 2.45) is 11.3 Å². The lowest BCUT2D eigenvalue weighted by Crippen LogP contribution is -2.60. The van der Waals surface area contributed by atoms with Gasteiger partial charge in [-0.05, 0) is 31.2 Å². The number of hydrogen-bond acceptors (Lipinski definition) is 2. The zero-order valence-corrected chi connectivity index (χ0v) is 8.47. The molecule has 0 atom stereocenters. The highest BCUT2D eigenvalue weighted by molar-refractivity contribution is 5.75. The van der Waals surface area contributed by atoms with Crippen LogP contribution in [0.4, 0.5) is 0 Å². The van der Waals surface area contributed by atoms with Crippen LogP contribution < -0.4 is 5.32 Å². The predicted octanol–water partition coefficient (Wildman–Crippen LogP) is 0.464. The number of hydrogen-bond donors (Lipinski definition) is 1. The fraction of sp³-hybridized carbons (Fsp3) is 0.900. The van der Waals surface area contributed by atoms with Crippen molar-refractivity contribution in [3.05, 3.63) is 0 Å². The van der Waals surface area contributed by atoms with E-state index >= 15 is 0 Å². The molecule has 0 aromatic carbocycles. The average Bonchev–Trinajstić information content (AvgIpc) is 1.97. The van der Waals surface area contributed by atoms with E-state index in [2.05, 4.69) is 17.3 Å². The molecule has 13 heavy (non-hydrogen) atoms. The minimum atomic E-state index is 0.201. The Morgan fingerprint density at radius 1 is 1.54 bits per heavy atom. The van der Waals surface area contributed by atoms with Crippen LogP contribution in [0.15, 0.2) is 0 Å². The predicted molar refractivity (Wildman–Crippen MR) is 51.3 cm³/mol. The lowest BCUT2D eigenvalue weighted by molar-refractivity contribution is -0.127. The van der Waals surface area contributed by atoms with Crippen molar-refractivity contribution in [1.82, 2.24) is 10.2 Å². The fourth-order valence-electron chi connectivity index (χ4n) is 3.03. The Balaban J connectivity index is 1.70. The standard InChI is InChI=1S/C10H18N2O/c1-11-9(13)3-8-4-10(5-8)6-12(2)7-10/h8H,3-7H2,1-2H3,(H,11,13). The van der Waals surface area contributed by atoms with Crippen LogP contribution in [0.3, 0.4) is 0 Å². The highest BCUT2D eigenvalue weighted by Crippen LogP contribution is 2.52. The number of rotatable bonds is 2. The molecule has 3 heteroatoms. The molecule has 0 bridgehead atoms. The largest absolute Gasteiger partial charge is 0.359 e. The Hall–Kier alpha value is -0.570. The second-order valence-corrected chi connectivity index (χ2v) is 4.82. The molecule has 2 aliphatic rings. The fourth-order valence-corrected chi connectivity index (χ4v) is 3.03. The van der Waals surface area contributed by atoms with E-state index in [1.54, 1.807) is 7.05 Å². The van der Waals surface area contributed by atoms with E-state index in [0.29, 0.717) is 11.3 Å². The smallest absolute Gasteiger partial charge is 0.220 e. The minimum absolute atomic E-state index is 0.201. The first-order valence-electron chi connectivity index (χ1n) is 5.03. The van der Waals surface area contributed by atoms with E-state index in [1.807, 2.05) is 0 Å². The Kier molecular flexibility index (Phi) is 2.06. The molecule has 0 aromatic rings. The number of carbonyl (C=O) groups excluding carboxylic acids is 1. The van der Waals surface area contributed by atoms with Gasteiger partial charge in [-0.1, -0.05) is 0 Å². The Morgan fingerprint density at radius 3 is 2.62 bits per heavy atom. The van der Waals surface area contributed by atoms with Crippen LogP contribution >= 0.6 is 0 Å². The van der Waals surface area contributed by atoms with Gasteiger partial charge in [-0.15, -0.1) is 0 Å². The van der Waals surface area contributed by atoms with E-state index in [4.69, 9.17) is 0 Å². The van der Waals surface area contributed by atoms with Crippen molar-refractivity contribution < 1.29 is 4.79 Å². The highest BCUT2D eigenvalue weighted by atomic mass is 16.1. The third-order valence-electron chi connectivity index (χ3n) is 3.41. The first kappa shape index (κ1) is 9.00. The summed E-state index contributed by atoms with van der Waals surface area (Å²) in [6.07, 6.45) is 3.28. The van der Waals surface area contributed by atoms with Gasteiger partial charge in [0.2, 0.25) is 5.91 Å². The monoisotopic (exact) mass is 182 g/mol. The van der Waals surface area contributed by atoms with E-state index in [9.17, 15) is 4.79 Å². The van der Waals surface area contributed by atoms with Crippen molar-refractivity contribution >= 4 is 5.91 Å². The summed E-state index contributed by atoms with van der Waals surface area (Å²) >= 11 is 0. The molecule has 1 heterocycles. The summed E-state index contributed by atoms with van der Waals surface area (Å²) in [7, 11) is 3.88. The normalized spacial score (nSPS) is 26.6. The molecule has 3 nitrogen and oxygen atoms in total. The van der Waals surface area contributed by atoms with Gasteiger partial charge in [0, 0.05) is 26.6 Å². The summed E-state index contributed by atoms with van der Waals surface area (Å²) in [5.41, 5.74) is 0.618. The zero-order chi connectivity index (χ0) is 9.47. The summed E-state index contributed by atoms with van der Waals surface area (Å²) in [6, 6.07) is 0. The van der Waals surface area contributed by atoms with E-state index in [0.717, 1.165) is 6.42 Å². The molecular formula is C10H18N2O. The first-order chi connectivity index (χ1) is 6.13. The van der Waals surface area contributed by atoms with Gasteiger partial charge in [0.05, 0.1) is 0 Å². The Labute approximate surface area is 79.5 Å². The van der Waals surface area contributed by atoms with Crippen molar-refractivity contribution in [2.45, 2.75) is 19.3 Å². The maximum atomic E-state index is 11.1. The van der Waals surface area contributed by atoms with E-state index in [-0.39, 0.29) is 5.91 Å². The molecule has 1 saturated carbocycles. The topological polar surface area (TPSA) is 32.3 Å². The lowest BCUT2D eigenvalue weighted by atomic mass is 9.57. The van der Waals surface area contributed by atoms with Gasteiger partial charge < -0.3 is 10.2 Å². The van der Waals surface area contributed by atoms with Crippen LogP contribution in [0.25, 0.3) is 0 Å². The molecule has 1 saturated heterocycles. The molecule has 1 aliphatic heterocycles. The zero-order valence-electron chi connectivity index (χ0n) is 8.47. The maximum absolute atomic E-state index is 11.1.